The van der Waals surface area contributed by atoms with Gasteiger partial charge < -0.3 is 37.9 Å². The van der Waals surface area contributed by atoms with Gasteiger partial charge in [-0.1, -0.05) is 54.2 Å². The number of benzene rings is 3. The van der Waals surface area contributed by atoms with E-state index in [4.69, 9.17) is 37.9 Å². The molecule has 3 aromatic rings. The van der Waals surface area contributed by atoms with E-state index < -0.39 is 127 Å². The van der Waals surface area contributed by atoms with Crippen molar-refractivity contribution < 1.29 is 81.0 Å². The van der Waals surface area contributed by atoms with Crippen molar-refractivity contribution >= 4 is 65.2 Å². The Hall–Kier alpha value is -6.48. The molecule has 64 heavy (non-hydrogen) atoms. The molecule has 0 spiro atoms. The van der Waals surface area contributed by atoms with E-state index in [-0.39, 0.29) is 22.3 Å². The summed E-state index contributed by atoms with van der Waals surface area (Å²) in [4.78, 5) is 123. The topological polar surface area (TPSA) is 234 Å². The Bertz CT molecular complexity index is 2310. The van der Waals surface area contributed by atoms with Crippen molar-refractivity contribution in [2.45, 2.75) is 99.9 Å². The number of carbonyl (C=O) groups is 9. The van der Waals surface area contributed by atoms with Gasteiger partial charge in [0.15, 0.2) is 24.6 Å². The van der Waals surface area contributed by atoms with Crippen molar-refractivity contribution in [1.29, 1.82) is 0 Å². The quantitative estimate of drug-likeness (QED) is 0.136. The first-order valence-electron chi connectivity index (χ1n) is 20.0. The summed E-state index contributed by atoms with van der Waals surface area (Å²) in [5, 5.41) is 0. The molecule has 0 unspecified atom stereocenters. The molecule has 2 fully saturated rings. The van der Waals surface area contributed by atoms with Crippen LogP contribution in [0.25, 0.3) is 0 Å². The lowest BCUT2D eigenvalue weighted by Crippen LogP contribution is -2.71. The van der Waals surface area contributed by atoms with Crippen LogP contribution in [0, 0.1) is 0 Å². The molecule has 4 aliphatic rings. The summed E-state index contributed by atoms with van der Waals surface area (Å²) in [6, 6.07) is 17.2. The maximum Gasteiger partial charge on any atom is 0.303 e. The molecule has 4 heterocycles. The summed E-state index contributed by atoms with van der Waals surface area (Å²) >= 11 is 1.06. The number of esters is 5. The van der Waals surface area contributed by atoms with Crippen molar-refractivity contribution in [3.05, 3.63) is 101 Å². The predicted molar refractivity (Wildman–Crippen MR) is 216 cm³/mol. The monoisotopic (exact) mass is 902 g/mol. The van der Waals surface area contributed by atoms with Gasteiger partial charge in [-0.2, -0.15) is 0 Å². The van der Waals surface area contributed by atoms with E-state index >= 15 is 0 Å². The van der Waals surface area contributed by atoms with Crippen molar-refractivity contribution in [1.82, 2.24) is 9.80 Å². The molecule has 336 valence electrons. The Labute approximate surface area is 369 Å². The van der Waals surface area contributed by atoms with Crippen molar-refractivity contribution in [3.8, 4) is 0 Å². The highest BCUT2D eigenvalue weighted by molar-refractivity contribution is 7.99. The van der Waals surface area contributed by atoms with E-state index in [9.17, 15) is 43.2 Å². The van der Waals surface area contributed by atoms with E-state index in [1.807, 2.05) is 0 Å². The molecular weight excluding hydrogens is 861 g/mol. The Balaban J connectivity index is 1.41. The van der Waals surface area contributed by atoms with Gasteiger partial charge in [-0.3, -0.25) is 53.0 Å². The molecule has 3 aromatic carbocycles. The molecule has 4 aliphatic heterocycles. The molecule has 19 nitrogen and oxygen atoms in total. The van der Waals surface area contributed by atoms with Crippen LogP contribution in [0.1, 0.15) is 76.1 Å². The summed E-state index contributed by atoms with van der Waals surface area (Å²) in [7, 11) is 0. The second kappa shape index (κ2) is 19.1. The standard InChI is InChI=1S/C44H42N2O17S/c1-21(47)56-19-31-35(58-23(3)49)37(59-24(4)50)33(45-39(52)27-15-9-10-16-28(27)40(45)53)43(61-31)63-36-32(20-57-22(2)48)62-44(64-26-13-7-6-8-14-26)34(38(36)60-25(5)51)46-41(54)29-17-11-12-18-30(29)42(46)55/h6-18,31-38,43-44H,19-20H2,1-5H3/t31-,32-,33-,34-,35-,36-,37+,38+,43+,44+/m1/s1. The van der Waals surface area contributed by atoms with Crippen molar-refractivity contribution in [2.24, 2.45) is 0 Å². The van der Waals surface area contributed by atoms with Crippen LogP contribution in [-0.4, -0.2) is 137 Å². The minimum absolute atomic E-state index is 0.0445. The van der Waals surface area contributed by atoms with Gasteiger partial charge in [0.05, 0.1) is 22.3 Å². The van der Waals surface area contributed by atoms with E-state index in [0.29, 0.717) is 9.80 Å². The van der Waals surface area contributed by atoms with Crippen molar-refractivity contribution in [2.75, 3.05) is 13.2 Å². The van der Waals surface area contributed by atoms with Crippen LogP contribution in [0.5, 0.6) is 0 Å². The summed E-state index contributed by atoms with van der Waals surface area (Å²) in [5.41, 5.74) is -1.25. The van der Waals surface area contributed by atoms with Gasteiger partial charge >= 0.3 is 29.8 Å². The van der Waals surface area contributed by atoms with Gasteiger partial charge in [-0.05, 0) is 36.4 Å². The third-order valence-corrected chi connectivity index (χ3v) is 11.7. The number of ether oxygens (including phenoxy) is 8. The van der Waals surface area contributed by atoms with Crippen molar-refractivity contribution in [3.63, 3.8) is 0 Å². The molecule has 4 amide bonds. The number of hydrogen-bond acceptors (Lipinski definition) is 18. The molecule has 10 atom stereocenters. The second-order valence-corrected chi connectivity index (χ2v) is 16.1. The minimum Gasteiger partial charge on any atom is -0.463 e. The Kier molecular flexibility index (Phi) is 13.6. The zero-order valence-corrected chi connectivity index (χ0v) is 35.8. The highest BCUT2D eigenvalue weighted by atomic mass is 32.2. The third kappa shape index (κ3) is 9.26. The van der Waals surface area contributed by atoms with Crippen LogP contribution < -0.4 is 0 Å². The molecule has 0 bridgehead atoms. The molecule has 0 aliphatic carbocycles. The summed E-state index contributed by atoms with van der Waals surface area (Å²) in [5.74, 6) is -7.67. The molecule has 0 radical (unpaired) electrons. The van der Waals surface area contributed by atoms with Gasteiger partial charge in [-0.25, -0.2) is 0 Å². The zero-order valence-electron chi connectivity index (χ0n) is 34.9. The van der Waals surface area contributed by atoms with Gasteiger partial charge in [-0.15, -0.1) is 0 Å². The van der Waals surface area contributed by atoms with Crippen LogP contribution in [-0.2, 0) is 61.9 Å². The van der Waals surface area contributed by atoms with Gasteiger partial charge in [0.25, 0.3) is 23.6 Å². The Morgan fingerprint density at radius 2 is 0.891 bits per heavy atom. The van der Waals surface area contributed by atoms with E-state index in [2.05, 4.69) is 0 Å². The zero-order chi connectivity index (χ0) is 46.0. The first-order valence-corrected chi connectivity index (χ1v) is 20.8. The normalized spacial score (nSPS) is 27.3. The number of hydrogen-bond donors (Lipinski definition) is 0. The first kappa shape index (κ1) is 45.5. The largest absolute Gasteiger partial charge is 0.463 e. The predicted octanol–water partition coefficient (Wildman–Crippen LogP) is 2.86. The molecule has 0 N–H and O–H groups in total. The Morgan fingerprint density at radius 3 is 1.33 bits per heavy atom. The van der Waals surface area contributed by atoms with Crippen LogP contribution in [0.4, 0.5) is 0 Å². The lowest BCUT2D eigenvalue weighted by Gasteiger charge is -2.51. The number of amides is 4. The first-order chi connectivity index (χ1) is 30.5. The SMILES string of the molecule is CC(=O)OC[C@H]1O[C@@H](Sc2ccccc2)[C@H](N2C(=O)c3ccccc3C2=O)[C@H](OC(C)=O)[C@@H]1O[C@@H]1O[C@H](COC(C)=O)[C@@H](OC(C)=O)[C@@H](OC(C)=O)[C@H]1N1C(=O)c2ccccc2C1=O. The molecule has 20 heteroatoms. The lowest BCUT2D eigenvalue weighted by molar-refractivity contribution is -0.322. The molecule has 0 aromatic heterocycles. The van der Waals surface area contributed by atoms with E-state index in [0.717, 1.165) is 51.3 Å². The number of thioether (sulfide) groups is 1. The molecule has 0 saturated carbocycles. The van der Waals surface area contributed by atoms with Gasteiger partial charge in [0.2, 0.25) is 0 Å². The van der Waals surface area contributed by atoms with Gasteiger partial charge in [0.1, 0.15) is 49.0 Å². The van der Waals surface area contributed by atoms with E-state index in [1.165, 1.54) is 36.4 Å². The third-order valence-electron chi connectivity index (χ3n) is 10.6. The highest BCUT2D eigenvalue weighted by Gasteiger charge is 2.61. The average Bonchev–Trinajstić information content (AvgIpc) is 3.64. The van der Waals surface area contributed by atoms with Gasteiger partial charge in [0, 0.05) is 39.5 Å². The molecular formula is C44H42N2O17S. The summed E-state index contributed by atoms with van der Waals surface area (Å²) in [6.07, 6.45) is -11.8. The maximum atomic E-state index is 14.3. The van der Waals surface area contributed by atoms with Crippen LogP contribution in [0.2, 0.25) is 0 Å². The maximum absolute atomic E-state index is 14.3. The number of fused-ring (bicyclic) bond motifs is 2. The number of carbonyl (C=O) groups excluding carboxylic acids is 9. The highest BCUT2D eigenvalue weighted by Crippen LogP contribution is 2.43. The lowest BCUT2D eigenvalue weighted by atomic mass is 9.93. The smallest absolute Gasteiger partial charge is 0.303 e. The van der Waals surface area contributed by atoms with Crippen LogP contribution in [0.3, 0.4) is 0 Å². The summed E-state index contributed by atoms with van der Waals surface area (Å²) in [6.45, 7) is 4.10. The fourth-order valence-corrected chi connectivity index (χ4v) is 9.30. The molecule has 7 rings (SSSR count). The minimum atomic E-state index is -1.98. The summed E-state index contributed by atoms with van der Waals surface area (Å²) < 4.78 is 48.0. The molecule has 2 saturated heterocycles. The fraction of sp³-hybridized carbons (Fsp3) is 0.386. The second-order valence-electron chi connectivity index (χ2n) is 15.0. The average molecular weight is 903 g/mol. The van der Waals surface area contributed by atoms with E-state index in [1.54, 1.807) is 42.5 Å². The fourth-order valence-electron chi connectivity index (χ4n) is 8.10. The Morgan fingerprint density at radius 1 is 0.500 bits per heavy atom. The van der Waals surface area contributed by atoms with Crippen LogP contribution in [0.15, 0.2) is 83.8 Å². The number of rotatable bonds is 13. The number of nitrogens with zero attached hydrogens (tertiary/aromatic N) is 2. The number of imide groups is 2. The van der Waals surface area contributed by atoms with Crippen LogP contribution >= 0.6 is 11.8 Å².